The van der Waals surface area contributed by atoms with Gasteiger partial charge in [-0.05, 0) is 35.4 Å². The molecule has 5 heteroatoms. The SMILES string of the molecule is CCC1(CC)OC(=C(C#N)C#N)C(C#N)=C1I. The maximum absolute atomic E-state index is 9.12. The highest BCUT2D eigenvalue weighted by Gasteiger charge is 2.43. The van der Waals surface area contributed by atoms with Gasteiger partial charge in [0, 0.05) is 0 Å². The molecule has 0 saturated heterocycles. The monoisotopic (exact) mass is 339 g/mol. The van der Waals surface area contributed by atoms with Gasteiger partial charge in [-0.1, -0.05) is 13.8 Å². The van der Waals surface area contributed by atoms with E-state index in [1.165, 1.54) is 0 Å². The molecule has 0 N–H and O–H groups in total. The number of nitriles is 3. The Bertz CT molecular complexity index is 505. The molecule has 1 rings (SSSR count). The minimum atomic E-state index is -0.556. The van der Waals surface area contributed by atoms with Gasteiger partial charge in [-0.2, -0.15) is 15.8 Å². The standard InChI is InChI=1S/C12H10IN3O/c1-3-12(4-2)11(13)9(7-16)10(17-12)8(5-14)6-15/h3-4H2,1-2H3. The van der Waals surface area contributed by atoms with E-state index in [-0.39, 0.29) is 11.3 Å². The molecule has 0 spiro atoms. The number of rotatable bonds is 2. The molecule has 4 nitrogen and oxygen atoms in total. The lowest BCUT2D eigenvalue weighted by molar-refractivity contribution is 0.0574. The fourth-order valence-corrected chi connectivity index (χ4v) is 2.96. The summed E-state index contributed by atoms with van der Waals surface area (Å²) < 4.78 is 6.52. The van der Waals surface area contributed by atoms with Crippen molar-refractivity contribution >= 4 is 22.6 Å². The first-order valence-electron chi connectivity index (χ1n) is 5.14. The summed E-state index contributed by atoms with van der Waals surface area (Å²) in [5.41, 5.74) is -0.383. The molecular formula is C12H10IN3O. The van der Waals surface area contributed by atoms with Gasteiger partial charge in [-0.3, -0.25) is 0 Å². The predicted molar refractivity (Wildman–Crippen MR) is 69.3 cm³/mol. The number of halogens is 1. The fourth-order valence-electron chi connectivity index (χ4n) is 1.73. The van der Waals surface area contributed by atoms with Crippen molar-refractivity contribution in [3.8, 4) is 18.2 Å². The van der Waals surface area contributed by atoms with Crippen molar-refractivity contribution in [2.45, 2.75) is 32.3 Å². The molecule has 0 aliphatic carbocycles. The van der Waals surface area contributed by atoms with E-state index in [1.807, 2.05) is 19.9 Å². The second-order valence-electron chi connectivity index (χ2n) is 3.53. The maximum atomic E-state index is 9.12. The third-order valence-corrected chi connectivity index (χ3v) is 4.37. The van der Waals surface area contributed by atoms with Crippen LogP contribution in [-0.2, 0) is 4.74 Å². The summed E-state index contributed by atoms with van der Waals surface area (Å²) in [5.74, 6) is 0.130. The van der Waals surface area contributed by atoms with Gasteiger partial charge in [-0.25, -0.2) is 0 Å². The van der Waals surface area contributed by atoms with Crippen molar-refractivity contribution < 1.29 is 4.74 Å². The van der Waals surface area contributed by atoms with E-state index < -0.39 is 5.60 Å². The van der Waals surface area contributed by atoms with E-state index in [1.54, 1.807) is 12.1 Å². The molecule has 17 heavy (non-hydrogen) atoms. The molecule has 0 unspecified atom stereocenters. The molecule has 1 aliphatic heterocycles. The van der Waals surface area contributed by atoms with Crippen molar-refractivity contribution in [2.75, 3.05) is 0 Å². The van der Waals surface area contributed by atoms with E-state index in [2.05, 4.69) is 22.6 Å². The molecule has 0 fully saturated rings. The summed E-state index contributed by atoms with van der Waals surface area (Å²) in [5, 5.41) is 26.8. The minimum absolute atomic E-state index is 0.130. The quantitative estimate of drug-likeness (QED) is 0.572. The molecule has 0 radical (unpaired) electrons. The Morgan fingerprint density at radius 3 is 2.12 bits per heavy atom. The highest BCUT2D eigenvalue weighted by molar-refractivity contribution is 14.1. The Kier molecular flexibility index (Phi) is 4.15. The van der Waals surface area contributed by atoms with E-state index in [4.69, 9.17) is 20.5 Å². The molecule has 0 aromatic heterocycles. The molecule has 1 heterocycles. The highest BCUT2D eigenvalue weighted by atomic mass is 127. The van der Waals surface area contributed by atoms with Crippen LogP contribution < -0.4 is 0 Å². The van der Waals surface area contributed by atoms with E-state index in [0.29, 0.717) is 18.4 Å². The number of ether oxygens (including phenoxy) is 1. The van der Waals surface area contributed by atoms with Crippen molar-refractivity contribution in [1.29, 1.82) is 15.8 Å². The van der Waals surface area contributed by atoms with Crippen molar-refractivity contribution in [2.24, 2.45) is 0 Å². The summed E-state index contributed by atoms with van der Waals surface area (Å²) in [6, 6.07) is 5.56. The van der Waals surface area contributed by atoms with Crippen LogP contribution in [0.2, 0.25) is 0 Å². The van der Waals surface area contributed by atoms with Crippen LogP contribution in [0.25, 0.3) is 0 Å². The van der Waals surface area contributed by atoms with Gasteiger partial charge >= 0.3 is 0 Å². The van der Waals surface area contributed by atoms with E-state index in [0.717, 1.165) is 3.58 Å². The molecule has 0 amide bonds. The van der Waals surface area contributed by atoms with Crippen LogP contribution in [0, 0.1) is 34.0 Å². The van der Waals surface area contributed by atoms with Gasteiger partial charge < -0.3 is 4.74 Å². The van der Waals surface area contributed by atoms with Crippen LogP contribution >= 0.6 is 22.6 Å². The lowest BCUT2D eigenvalue weighted by atomic mass is 9.96. The molecule has 0 saturated carbocycles. The van der Waals surface area contributed by atoms with Crippen LogP contribution in [0.3, 0.4) is 0 Å². The first kappa shape index (κ1) is 13.5. The Morgan fingerprint density at radius 1 is 1.24 bits per heavy atom. The topological polar surface area (TPSA) is 80.6 Å². The third-order valence-electron chi connectivity index (χ3n) is 2.85. The number of hydrogen-bond acceptors (Lipinski definition) is 4. The average molecular weight is 339 g/mol. The summed E-state index contributed by atoms with van der Waals surface area (Å²) >= 11 is 2.07. The number of allylic oxidation sites excluding steroid dienone is 2. The molecular weight excluding hydrogens is 329 g/mol. The molecule has 0 aromatic rings. The van der Waals surface area contributed by atoms with Gasteiger partial charge in [0.2, 0.25) is 0 Å². The van der Waals surface area contributed by atoms with Crippen molar-refractivity contribution in [3.63, 3.8) is 0 Å². The second-order valence-corrected chi connectivity index (χ2v) is 4.61. The Balaban J connectivity index is 3.49. The summed E-state index contributed by atoms with van der Waals surface area (Å²) in [6.07, 6.45) is 1.39. The largest absolute Gasteiger partial charge is 0.478 e. The third kappa shape index (κ3) is 2.01. The Morgan fingerprint density at radius 2 is 1.76 bits per heavy atom. The zero-order valence-corrected chi connectivity index (χ0v) is 11.7. The highest BCUT2D eigenvalue weighted by Crippen LogP contribution is 2.46. The van der Waals surface area contributed by atoms with Gasteiger partial charge in [0.1, 0.15) is 29.4 Å². The Hall–Kier alpha value is -1.52. The van der Waals surface area contributed by atoms with Crippen LogP contribution in [0.4, 0.5) is 0 Å². The molecule has 1 aliphatic rings. The van der Waals surface area contributed by atoms with Crippen LogP contribution in [0.15, 0.2) is 20.5 Å². The lowest BCUT2D eigenvalue weighted by Crippen LogP contribution is -2.27. The molecule has 0 aromatic carbocycles. The van der Waals surface area contributed by atoms with E-state index >= 15 is 0 Å². The van der Waals surface area contributed by atoms with Gasteiger partial charge in [0.05, 0.1) is 3.58 Å². The van der Waals surface area contributed by atoms with Crippen molar-refractivity contribution in [3.05, 3.63) is 20.5 Å². The molecule has 0 atom stereocenters. The first-order valence-corrected chi connectivity index (χ1v) is 6.22. The normalized spacial score (nSPS) is 16.8. The average Bonchev–Trinajstić information content (AvgIpc) is 2.64. The maximum Gasteiger partial charge on any atom is 0.172 e. The van der Waals surface area contributed by atoms with Crippen LogP contribution in [-0.4, -0.2) is 5.60 Å². The van der Waals surface area contributed by atoms with Gasteiger partial charge in [0.25, 0.3) is 0 Å². The van der Waals surface area contributed by atoms with Crippen molar-refractivity contribution in [1.82, 2.24) is 0 Å². The van der Waals surface area contributed by atoms with E-state index in [9.17, 15) is 0 Å². The smallest absolute Gasteiger partial charge is 0.172 e. The number of nitrogens with zero attached hydrogens (tertiary/aromatic N) is 3. The summed E-state index contributed by atoms with van der Waals surface area (Å²) in [4.78, 5) is 0. The summed E-state index contributed by atoms with van der Waals surface area (Å²) in [6.45, 7) is 3.91. The zero-order chi connectivity index (χ0) is 13.1. The Labute approximate surface area is 114 Å². The first-order chi connectivity index (χ1) is 8.10. The van der Waals surface area contributed by atoms with Gasteiger partial charge in [0.15, 0.2) is 11.3 Å². The second kappa shape index (κ2) is 5.21. The van der Waals surface area contributed by atoms with Crippen LogP contribution in [0.5, 0.6) is 0 Å². The fraction of sp³-hybridized carbons (Fsp3) is 0.417. The predicted octanol–water partition coefficient (Wildman–Crippen LogP) is 3.09. The molecule has 0 bridgehead atoms. The number of hydrogen-bond donors (Lipinski definition) is 0. The minimum Gasteiger partial charge on any atom is -0.478 e. The van der Waals surface area contributed by atoms with Crippen LogP contribution in [0.1, 0.15) is 26.7 Å². The molecule has 86 valence electrons. The zero-order valence-electron chi connectivity index (χ0n) is 9.54. The summed E-state index contributed by atoms with van der Waals surface area (Å²) in [7, 11) is 0. The lowest BCUT2D eigenvalue weighted by Gasteiger charge is -2.26. The van der Waals surface area contributed by atoms with Gasteiger partial charge in [-0.15, -0.1) is 0 Å².